The van der Waals surface area contributed by atoms with Gasteiger partial charge >= 0.3 is 0 Å². The molecule has 0 saturated carbocycles. The predicted molar refractivity (Wildman–Crippen MR) is 71.1 cm³/mol. The van der Waals surface area contributed by atoms with Crippen LogP contribution in [-0.4, -0.2) is 30.3 Å². The Labute approximate surface area is 109 Å². The Hall–Kier alpha value is -0.190. The molecule has 0 N–H and O–H groups in total. The third kappa shape index (κ3) is 2.73. The summed E-state index contributed by atoms with van der Waals surface area (Å²) < 4.78 is 1.03. The number of nitrogens with zero attached hydrogens (tertiary/aromatic N) is 1. The molecule has 0 aliphatic carbocycles. The molecule has 1 aromatic heterocycles. The molecule has 1 fully saturated rings. The normalized spacial score (nSPS) is 26.2. The number of rotatable bonds is 3. The summed E-state index contributed by atoms with van der Waals surface area (Å²) in [5.74, 6) is 1.67. The highest BCUT2D eigenvalue weighted by Gasteiger charge is 2.27. The van der Waals surface area contributed by atoms with E-state index in [4.69, 9.17) is 0 Å². The zero-order chi connectivity index (χ0) is 11.7. The Balaban J connectivity index is 1.93. The molecule has 4 heteroatoms. The van der Waals surface area contributed by atoms with Crippen molar-refractivity contribution in [2.45, 2.75) is 13.8 Å². The minimum absolute atomic E-state index is 0.247. The molecule has 2 heterocycles. The van der Waals surface area contributed by atoms with Crippen LogP contribution in [-0.2, 0) is 0 Å². The molecule has 2 rings (SSSR count). The lowest BCUT2D eigenvalue weighted by molar-refractivity contribution is 0.0946. The van der Waals surface area contributed by atoms with Crippen LogP contribution >= 0.6 is 27.3 Å². The quantitative estimate of drug-likeness (QED) is 0.799. The van der Waals surface area contributed by atoms with Gasteiger partial charge in [0.15, 0.2) is 5.78 Å². The van der Waals surface area contributed by atoms with Gasteiger partial charge in [-0.05, 0) is 39.9 Å². The van der Waals surface area contributed by atoms with E-state index in [9.17, 15) is 4.79 Å². The Kier molecular flexibility index (Phi) is 3.82. The van der Waals surface area contributed by atoms with Crippen LogP contribution in [0.2, 0.25) is 0 Å². The van der Waals surface area contributed by atoms with E-state index in [-0.39, 0.29) is 5.78 Å². The SMILES string of the molecule is CC1CN(CC(=O)c2ccc(Br)s2)CC1C. The summed E-state index contributed by atoms with van der Waals surface area (Å²) in [4.78, 5) is 15.1. The van der Waals surface area contributed by atoms with Crippen LogP contribution in [0.3, 0.4) is 0 Å². The van der Waals surface area contributed by atoms with Gasteiger partial charge in [-0.1, -0.05) is 13.8 Å². The predicted octanol–water partition coefficient (Wildman–Crippen LogP) is 3.28. The van der Waals surface area contributed by atoms with E-state index in [1.54, 1.807) is 0 Å². The van der Waals surface area contributed by atoms with Crippen LogP contribution < -0.4 is 0 Å². The van der Waals surface area contributed by atoms with Crippen molar-refractivity contribution in [3.63, 3.8) is 0 Å². The van der Waals surface area contributed by atoms with Crippen LogP contribution in [0.15, 0.2) is 15.9 Å². The summed E-state index contributed by atoms with van der Waals surface area (Å²) in [5, 5.41) is 0. The number of halogens is 1. The van der Waals surface area contributed by atoms with E-state index < -0.39 is 0 Å². The number of hydrogen-bond acceptors (Lipinski definition) is 3. The highest BCUT2D eigenvalue weighted by atomic mass is 79.9. The fourth-order valence-corrected chi connectivity index (χ4v) is 3.44. The average Bonchev–Trinajstić information content (AvgIpc) is 2.75. The Morgan fingerprint density at radius 1 is 1.44 bits per heavy atom. The second-order valence-corrected chi connectivity index (χ2v) is 7.14. The van der Waals surface area contributed by atoms with Gasteiger partial charge in [-0.3, -0.25) is 9.69 Å². The van der Waals surface area contributed by atoms with E-state index in [1.165, 1.54) is 11.3 Å². The number of ketones is 1. The van der Waals surface area contributed by atoms with Crippen LogP contribution in [0.5, 0.6) is 0 Å². The molecule has 0 spiro atoms. The maximum Gasteiger partial charge on any atom is 0.186 e. The molecule has 0 bridgehead atoms. The zero-order valence-corrected chi connectivity index (χ0v) is 12.0. The van der Waals surface area contributed by atoms with Gasteiger partial charge in [-0.25, -0.2) is 0 Å². The van der Waals surface area contributed by atoms with E-state index in [2.05, 4.69) is 34.7 Å². The van der Waals surface area contributed by atoms with Gasteiger partial charge in [-0.15, -0.1) is 11.3 Å². The minimum Gasteiger partial charge on any atom is -0.295 e. The molecule has 2 nitrogen and oxygen atoms in total. The molecule has 0 amide bonds. The highest BCUT2D eigenvalue weighted by molar-refractivity contribution is 9.11. The maximum absolute atomic E-state index is 12.0. The summed E-state index contributed by atoms with van der Waals surface area (Å²) in [6.07, 6.45) is 0. The molecule has 0 aromatic carbocycles. The summed E-state index contributed by atoms with van der Waals surface area (Å²) in [6, 6.07) is 3.84. The lowest BCUT2D eigenvalue weighted by atomic mass is 10.0. The number of carbonyl (C=O) groups is 1. The first-order valence-electron chi connectivity index (χ1n) is 5.57. The van der Waals surface area contributed by atoms with Crippen molar-refractivity contribution >= 4 is 33.0 Å². The molecule has 2 unspecified atom stereocenters. The van der Waals surface area contributed by atoms with Gasteiger partial charge in [0.1, 0.15) is 0 Å². The van der Waals surface area contributed by atoms with Crippen molar-refractivity contribution in [1.82, 2.24) is 4.90 Å². The highest BCUT2D eigenvalue weighted by Crippen LogP contribution is 2.25. The number of Topliss-reactive ketones (excluding diaryl/α,β-unsaturated/α-hetero) is 1. The van der Waals surface area contributed by atoms with E-state index in [0.29, 0.717) is 18.4 Å². The standard InChI is InChI=1S/C12H16BrNOS/c1-8-5-14(6-9(8)2)7-10(15)11-3-4-12(13)16-11/h3-4,8-9H,5-7H2,1-2H3. The van der Waals surface area contributed by atoms with Crippen LogP contribution in [0.25, 0.3) is 0 Å². The van der Waals surface area contributed by atoms with Crippen molar-refractivity contribution in [2.75, 3.05) is 19.6 Å². The second kappa shape index (κ2) is 4.98. The molecule has 1 aliphatic heterocycles. The van der Waals surface area contributed by atoms with Gasteiger partial charge in [-0.2, -0.15) is 0 Å². The lowest BCUT2D eigenvalue weighted by Crippen LogP contribution is -2.27. The van der Waals surface area contributed by atoms with Gasteiger partial charge in [0.05, 0.1) is 15.2 Å². The second-order valence-electron chi connectivity index (χ2n) is 4.68. The molecule has 2 atom stereocenters. The first-order chi connectivity index (χ1) is 7.56. The van der Waals surface area contributed by atoms with Crippen molar-refractivity contribution in [3.05, 3.63) is 20.8 Å². The lowest BCUT2D eigenvalue weighted by Gasteiger charge is -2.13. The molecule has 1 saturated heterocycles. The molecule has 1 aliphatic rings. The van der Waals surface area contributed by atoms with Crippen molar-refractivity contribution in [3.8, 4) is 0 Å². The summed E-state index contributed by atoms with van der Waals surface area (Å²) in [6.45, 7) is 7.20. The van der Waals surface area contributed by atoms with E-state index in [0.717, 1.165) is 21.8 Å². The Morgan fingerprint density at radius 2 is 2.06 bits per heavy atom. The van der Waals surface area contributed by atoms with E-state index in [1.807, 2.05) is 12.1 Å². The molecule has 1 aromatic rings. The van der Waals surface area contributed by atoms with Crippen LogP contribution in [0, 0.1) is 11.8 Å². The molecule has 16 heavy (non-hydrogen) atoms. The van der Waals surface area contributed by atoms with Crippen LogP contribution in [0.1, 0.15) is 23.5 Å². The first kappa shape index (κ1) is 12.3. The summed E-state index contributed by atoms with van der Waals surface area (Å²) >= 11 is 4.91. The zero-order valence-electron chi connectivity index (χ0n) is 9.57. The van der Waals surface area contributed by atoms with Crippen molar-refractivity contribution < 1.29 is 4.79 Å². The third-order valence-electron chi connectivity index (χ3n) is 3.28. The summed E-state index contributed by atoms with van der Waals surface area (Å²) in [7, 11) is 0. The van der Waals surface area contributed by atoms with Crippen LogP contribution in [0.4, 0.5) is 0 Å². The van der Waals surface area contributed by atoms with Gasteiger partial charge in [0, 0.05) is 13.1 Å². The van der Waals surface area contributed by atoms with E-state index >= 15 is 0 Å². The molecule has 0 radical (unpaired) electrons. The van der Waals surface area contributed by atoms with Gasteiger partial charge < -0.3 is 0 Å². The van der Waals surface area contributed by atoms with Gasteiger partial charge in [0.25, 0.3) is 0 Å². The molecular formula is C12H16BrNOS. The maximum atomic E-state index is 12.0. The largest absolute Gasteiger partial charge is 0.295 e. The fourth-order valence-electron chi connectivity index (χ4n) is 2.12. The first-order valence-corrected chi connectivity index (χ1v) is 7.18. The number of hydrogen-bond donors (Lipinski definition) is 0. The Morgan fingerprint density at radius 3 is 2.56 bits per heavy atom. The fraction of sp³-hybridized carbons (Fsp3) is 0.583. The molecule has 88 valence electrons. The third-order valence-corrected chi connectivity index (χ3v) is 4.94. The van der Waals surface area contributed by atoms with Gasteiger partial charge in [0.2, 0.25) is 0 Å². The number of likely N-dealkylation sites (tertiary alicyclic amines) is 1. The average molecular weight is 302 g/mol. The number of carbonyl (C=O) groups excluding carboxylic acids is 1. The topological polar surface area (TPSA) is 20.3 Å². The van der Waals surface area contributed by atoms with Crippen molar-refractivity contribution in [2.24, 2.45) is 11.8 Å². The monoisotopic (exact) mass is 301 g/mol. The minimum atomic E-state index is 0.247. The summed E-state index contributed by atoms with van der Waals surface area (Å²) in [5.41, 5.74) is 0. The number of thiophene rings is 1. The smallest absolute Gasteiger partial charge is 0.186 e. The van der Waals surface area contributed by atoms with Crippen molar-refractivity contribution in [1.29, 1.82) is 0 Å². The molecular weight excluding hydrogens is 286 g/mol. The Bertz CT molecular complexity index is 380.